The van der Waals surface area contributed by atoms with E-state index in [0.29, 0.717) is 5.92 Å². The molecule has 0 fully saturated rings. The third-order valence-electron chi connectivity index (χ3n) is 2.19. The average Bonchev–Trinajstić information content (AvgIpc) is 2.60. The van der Waals surface area contributed by atoms with Crippen molar-refractivity contribution in [3.05, 3.63) is 34.7 Å². The van der Waals surface area contributed by atoms with Gasteiger partial charge >= 0.3 is 0 Å². The van der Waals surface area contributed by atoms with Crippen molar-refractivity contribution >= 4 is 12.2 Å². The SMILES string of the molecule is CC(C)Cc1cc(=S)n(-c2cccnn2)[nH]1. The summed E-state index contributed by atoms with van der Waals surface area (Å²) in [7, 11) is 0. The second-order valence-electron chi connectivity index (χ2n) is 4.13. The van der Waals surface area contributed by atoms with Gasteiger partial charge in [0.15, 0.2) is 5.82 Å². The number of nitrogens with zero attached hydrogens (tertiary/aromatic N) is 3. The highest BCUT2D eigenvalue weighted by atomic mass is 32.1. The van der Waals surface area contributed by atoms with E-state index < -0.39 is 0 Å². The number of rotatable bonds is 3. The molecule has 2 aromatic rings. The molecule has 0 aliphatic heterocycles. The Bertz CT molecular complexity index is 512. The van der Waals surface area contributed by atoms with Crippen molar-refractivity contribution in [1.29, 1.82) is 0 Å². The van der Waals surface area contributed by atoms with Crippen LogP contribution in [0.1, 0.15) is 19.5 Å². The minimum atomic E-state index is 0.600. The summed E-state index contributed by atoms with van der Waals surface area (Å²) in [5.74, 6) is 1.32. The largest absolute Gasteiger partial charge is 0.296 e. The maximum atomic E-state index is 5.27. The van der Waals surface area contributed by atoms with E-state index in [-0.39, 0.29) is 0 Å². The molecule has 2 rings (SSSR count). The maximum absolute atomic E-state index is 5.27. The molecule has 0 spiro atoms. The third kappa shape index (κ3) is 2.36. The van der Waals surface area contributed by atoms with Gasteiger partial charge in [-0.15, -0.1) is 5.10 Å². The molecule has 0 bridgehead atoms. The summed E-state index contributed by atoms with van der Waals surface area (Å²) < 4.78 is 2.51. The van der Waals surface area contributed by atoms with Gasteiger partial charge in [-0.05, 0) is 30.5 Å². The second-order valence-corrected chi connectivity index (χ2v) is 4.55. The van der Waals surface area contributed by atoms with Crippen molar-refractivity contribution in [3.8, 4) is 5.82 Å². The van der Waals surface area contributed by atoms with Crippen molar-refractivity contribution in [2.24, 2.45) is 5.92 Å². The van der Waals surface area contributed by atoms with Crippen LogP contribution in [0, 0.1) is 10.6 Å². The third-order valence-corrected chi connectivity index (χ3v) is 2.49. The predicted octanol–water partition coefficient (Wildman–Crippen LogP) is 2.52. The lowest BCUT2D eigenvalue weighted by Gasteiger charge is -2.02. The highest BCUT2D eigenvalue weighted by Gasteiger charge is 2.05. The monoisotopic (exact) mass is 234 g/mol. The molecule has 16 heavy (non-hydrogen) atoms. The van der Waals surface area contributed by atoms with Crippen LogP contribution in [0.15, 0.2) is 24.4 Å². The number of aromatic amines is 1. The number of H-pyrrole nitrogens is 1. The topological polar surface area (TPSA) is 46.5 Å². The first kappa shape index (κ1) is 11.0. The molecule has 0 atom stereocenters. The number of nitrogens with one attached hydrogen (secondary N) is 1. The molecule has 84 valence electrons. The Kier molecular flexibility index (Phi) is 3.14. The molecule has 0 amide bonds. The van der Waals surface area contributed by atoms with E-state index in [4.69, 9.17) is 12.2 Å². The first-order valence-corrected chi connectivity index (χ1v) is 5.66. The highest BCUT2D eigenvalue weighted by molar-refractivity contribution is 7.71. The predicted molar refractivity (Wildman–Crippen MR) is 65.1 cm³/mol. The van der Waals surface area contributed by atoms with Crippen LogP contribution in [-0.2, 0) is 6.42 Å². The van der Waals surface area contributed by atoms with Gasteiger partial charge in [0.1, 0.15) is 4.64 Å². The minimum Gasteiger partial charge on any atom is -0.296 e. The van der Waals surface area contributed by atoms with Crippen molar-refractivity contribution in [3.63, 3.8) is 0 Å². The molecule has 4 nitrogen and oxygen atoms in total. The lowest BCUT2D eigenvalue weighted by Crippen LogP contribution is -2.02. The van der Waals surface area contributed by atoms with Crippen molar-refractivity contribution in [1.82, 2.24) is 20.0 Å². The minimum absolute atomic E-state index is 0.600. The number of aromatic nitrogens is 4. The fraction of sp³-hybridized carbons (Fsp3) is 0.364. The van der Waals surface area contributed by atoms with Crippen molar-refractivity contribution in [2.75, 3.05) is 0 Å². The summed E-state index contributed by atoms with van der Waals surface area (Å²) in [5, 5.41) is 11.1. The number of hydrogen-bond donors (Lipinski definition) is 1. The fourth-order valence-corrected chi connectivity index (χ4v) is 1.85. The van der Waals surface area contributed by atoms with Gasteiger partial charge < -0.3 is 0 Å². The van der Waals surface area contributed by atoms with E-state index >= 15 is 0 Å². The van der Waals surface area contributed by atoms with E-state index in [2.05, 4.69) is 29.1 Å². The zero-order valence-electron chi connectivity index (χ0n) is 9.34. The second kappa shape index (κ2) is 4.57. The van der Waals surface area contributed by atoms with Gasteiger partial charge in [-0.1, -0.05) is 26.1 Å². The van der Waals surface area contributed by atoms with E-state index in [1.54, 1.807) is 10.9 Å². The summed E-state index contributed by atoms with van der Waals surface area (Å²) in [5.41, 5.74) is 1.13. The molecule has 0 radical (unpaired) electrons. The Morgan fingerprint density at radius 2 is 2.31 bits per heavy atom. The molecular formula is C11H14N4S. The van der Waals surface area contributed by atoms with Gasteiger partial charge in [0.05, 0.1) is 0 Å². The van der Waals surface area contributed by atoms with Crippen LogP contribution in [0.2, 0.25) is 0 Å². The Labute approximate surface area is 99.3 Å². The molecule has 0 aliphatic carbocycles. The molecule has 2 aromatic heterocycles. The van der Waals surface area contributed by atoms with E-state index in [0.717, 1.165) is 22.6 Å². The molecule has 1 N–H and O–H groups in total. The maximum Gasteiger partial charge on any atom is 0.175 e. The van der Waals surface area contributed by atoms with Crippen molar-refractivity contribution in [2.45, 2.75) is 20.3 Å². The Hall–Kier alpha value is -1.49. The molecular weight excluding hydrogens is 220 g/mol. The molecule has 0 saturated carbocycles. The van der Waals surface area contributed by atoms with Crippen LogP contribution < -0.4 is 0 Å². The van der Waals surface area contributed by atoms with E-state index in [1.807, 2.05) is 18.2 Å². The fourth-order valence-electron chi connectivity index (χ4n) is 1.57. The first-order chi connectivity index (χ1) is 7.66. The zero-order valence-corrected chi connectivity index (χ0v) is 10.2. The molecule has 0 unspecified atom stereocenters. The molecule has 5 heteroatoms. The summed E-state index contributed by atoms with van der Waals surface area (Å²) in [6.07, 6.45) is 2.63. The molecule has 0 aliphatic rings. The first-order valence-electron chi connectivity index (χ1n) is 5.26. The summed E-state index contributed by atoms with van der Waals surface area (Å²) in [6.45, 7) is 4.35. The lowest BCUT2D eigenvalue weighted by atomic mass is 10.1. The van der Waals surface area contributed by atoms with Crippen molar-refractivity contribution < 1.29 is 0 Å². The molecule has 2 heterocycles. The highest BCUT2D eigenvalue weighted by Crippen LogP contribution is 2.09. The molecule has 0 saturated heterocycles. The van der Waals surface area contributed by atoms with Crippen LogP contribution in [0.3, 0.4) is 0 Å². The van der Waals surface area contributed by atoms with Crippen LogP contribution >= 0.6 is 12.2 Å². The van der Waals surface area contributed by atoms with Gasteiger partial charge in [0.2, 0.25) is 0 Å². The van der Waals surface area contributed by atoms with Crippen LogP contribution in [-0.4, -0.2) is 20.0 Å². The summed E-state index contributed by atoms with van der Waals surface area (Å²) >= 11 is 5.27. The lowest BCUT2D eigenvalue weighted by molar-refractivity contribution is 0.626. The van der Waals surface area contributed by atoms with Crippen LogP contribution in [0.25, 0.3) is 5.82 Å². The van der Waals surface area contributed by atoms with Crippen LogP contribution in [0.4, 0.5) is 0 Å². The smallest absolute Gasteiger partial charge is 0.175 e. The van der Waals surface area contributed by atoms with Gasteiger partial charge in [-0.3, -0.25) is 5.10 Å². The summed E-state index contributed by atoms with van der Waals surface area (Å²) in [6, 6.07) is 5.69. The quantitative estimate of drug-likeness (QED) is 0.830. The zero-order chi connectivity index (χ0) is 11.5. The Morgan fingerprint density at radius 1 is 1.50 bits per heavy atom. The van der Waals surface area contributed by atoms with Gasteiger partial charge in [0.25, 0.3) is 0 Å². The summed E-state index contributed by atoms with van der Waals surface area (Å²) in [4.78, 5) is 0. The van der Waals surface area contributed by atoms with Gasteiger partial charge in [-0.25, -0.2) is 4.68 Å². The molecule has 0 aromatic carbocycles. The Balaban J connectivity index is 2.36. The van der Waals surface area contributed by atoms with E-state index in [1.165, 1.54) is 0 Å². The van der Waals surface area contributed by atoms with Gasteiger partial charge in [0, 0.05) is 11.9 Å². The van der Waals surface area contributed by atoms with Crippen LogP contribution in [0.5, 0.6) is 0 Å². The average molecular weight is 234 g/mol. The van der Waals surface area contributed by atoms with Gasteiger partial charge in [-0.2, -0.15) is 5.10 Å². The number of hydrogen-bond acceptors (Lipinski definition) is 3. The Morgan fingerprint density at radius 3 is 2.94 bits per heavy atom. The standard InChI is InChI=1S/C11H14N4S/c1-8(2)6-9-7-11(16)15(14-9)10-4-3-5-12-13-10/h3-5,7-8,14H,6H2,1-2H3. The normalized spacial score (nSPS) is 10.9. The van der Waals surface area contributed by atoms with E-state index in [9.17, 15) is 0 Å².